The van der Waals surface area contributed by atoms with Crippen LogP contribution in [0.1, 0.15) is 104 Å². The molecule has 0 atom stereocenters. The van der Waals surface area contributed by atoms with E-state index in [1.807, 2.05) is 0 Å². The Morgan fingerprint density at radius 1 is 0.792 bits per heavy atom. The summed E-state index contributed by atoms with van der Waals surface area (Å²) in [5, 5.41) is 10.1. The van der Waals surface area contributed by atoms with Crippen LogP contribution in [0.4, 0.5) is 0 Å². The van der Waals surface area contributed by atoms with Crippen molar-refractivity contribution < 1.29 is 14.7 Å². The van der Waals surface area contributed by atoms with Crippen molar-refractivity contribution in [1.29, 1.82) is 0 Å². The SMILES string of the molecule is CC(=O)NCC(=O)O.[CH2]CCCCCCCCCCCCCCC. The molecule has 0 spiro atoms. The number of hydrogen-bond acceptors (Lipinski definition) is 2. The van der Waals surface area contributed by atoms with Crippen LogP contribution in [0.3, 0.4) is 0 Å². The minimum absolute atomic E-state index is 0.296. The molecule has 0 aromatic rings. The highest BCUT2D eigenvalue weighted by molar-refractivity contribution is 5.79. The maximum absolute atomic E-state index is 9.97. The molecule has 0 rings (SSSR count). The van der Waals surface area contributed by atoms with Gasteiger partial charge in [0.25, 0.3) is 0 Å². The van der Waals surface area contributed by atoms with Crippen LogP contribution in [0.2, 0.25) is 0 Å². The summed E-state index contributed by atoms with van der Waals surface area (Å²) in [5.74, 6) is -1.35. The van der Waals surface area contributed by atoms with Crippen molar-refractivity contribution in [2.75, 3.05) is 6.54 Å². The Kier molecular flexibility index (Phi) is 23.0. The normalized spacial score (nSPS) is 9.96. The van der Waals surface area contributed by atoms with Crippen molar-refractivity contribution in [2.45, 2.75) is 104 Å². The molecule has 4 nitrogen and oxygen atoms in total. The average Bonchev–Trinajstić information content (AvgIpc) is 2.54. The van der Waals surface area contributed by atoms with Gasteiger partial charge in [0, 0.05) is 6.92 Å². The second-order valence-electron chi connectivity index (χ2n) is 6.40. The lowest BCUT2D eigenvalue weighted by molar-refractivity contribution is -0.137. The Bertz CT molecular complexity index is 252. The molecule has 1 amide bonds. The molecule has 0 aromatic carbocycles. The van der Waals surface area contributed by atoms with E-state index in [9.17, 15) is 9.59 Å². The van der Waals surface area contributed by atoms with Gasteiger partial charge in [-0.25, -0.2) is 0 Å². The zero-order valence-corrected chi connectivity index (χ0v) is 16.1. The number of carbonyl (C=O) groups excluding carboxylic acids is 1. The number of carboxylic acids is 1. The highest BCUT2D eigenvalue weighted by atomic mass is 16.4. The fraction of sp³-hybridized carbons (Fsp3) is 0.850. The van der Waals surface area contributed by atoms with Crippen LogP contribution in [0.5, 0.6) is 0 Å². The summed E-state index contributed by atoms with van der Waals surface area (Å²) in [7, 11) is 0. The summed E-state index contributed by atoms with van der Waals surface area (Å²) in [4.78, 5) is 19.7. The van der Waals surface area contributed by atoms with Gasteiger partial charge >= 0.3 is 5.97 Å². The number of carbonyl (C=O) groups is 2. The molecule has 143 valence electrons. The zero-order chi connectivity index (χ0) is 18.5. The molecule has 0 saturated carbocycles. The van der Waals surface area contributed by atoms with E-state index < -0.39 is 5.97 Å². The van der Waals surface area contributed by atoms with E-state index in [1.165, 1.54) is 90.4 Å². The van der Waals surface area contributed by atoms with Gasteiger partial charge in [-0.1, -0.05) is 104 Å². The predicted molar refractivity (Wildman–Crippen MR) is 102 cm³/mol. The molecule has 0 aliphatic rings. The van der Waals surface area contributed by atoms with Crippen LogP contribution in [0.25, 0.3) is 0 Å². The summed E-state index contributed by atoms with van der Waals surface area (Å²) in [6, 6.07) is 0. The number of rotatable bonds is 15. The number of carboxylic acid groups (broad SMARTS) is 1. The highest BCUT2D eigenvalue weighted by Crippen LogP contribution is 2.12. The van der Waals surface area contributed by atoms with Crippen LogP contribution in [0.15, 0.2) is 0 Å². The minimum atomic E-state index is -1.03. The van der Waals surface area contributed by atoms with Crippen LogP contribution >= 0.6 is 0 Å². The number of amides is 1. The van der Waals surface area contributed by atoms with E-state index in [2.05, 4.69) is 19.2 Å². The smallest absolute Gasteiger partial charge is 0.322 e. The lowest BCUT2D eigenvalue weighted by Crippen LogP contribution is -2.26. The van der Waals surface area contributed by atoms with Crippen molar-refractivity contribution in [3.63, 3.8) is 0 Å². The van der Waals surface area contributed by atoms with Gasteiger partial charge in [0.1, 0.15) is 6.54 Å². The Morgan fingerprint density at radius 3 is 1.42 bits per heavy atom. The zero-order valence-electron chi connectivity index (χ0n) is 16.1. The molecule has 0 aliphatic heterocycles. The highest BCUT2D eigenvalue weighted by Gasteiger charge is 1.95. The predicted octanol–water partition coefficient (Wildman–Crippen LogP) is 5.51. The molecule has 0 heterocycles. The second kappa shape index (κ2) is 21.9. The van der Waals surface area contributed by atoms with E-state index in [4.69, 9.17) is 5.11 Å². The van der Waals surface area contributed by atoms with Gasteiger partial charge in [0.2, 0.25) is 5.91 Å². The van der Waals surface area contributed by atoms with Gasteiger partial charge in [0.05, 0.1) is 0 Å². The average molecular weight is 343 g/mol. The van der Waals surface area contributed by atoms with Crippen molar-refractivity contribution in [2.24, 2.45) is 0 Å². The van der Waals surface area contributed by atoms with Crippen LogP contribution in [-0.2, 0) is 9.59 Å². The van der Waals surface area contributed by atoms with Crippen LogP contribution in [0, 0.1) is 6.92 Å². The first kappa shape index (κ1) is 25.2. The lowest BCUT2D eigenvalue weighted by atomic mass is 10.0. The van der Waals surface area contributed by atoms with E-state index in [1.54, 1.807) is 0 Å². The first-order chi connectivity index (χ1) is 11.5. The minimum Gasteiger partial charge on any atom is -0.480 e. The molecule has 0 aromatic heterocycles. The van der Waals surface area contributed by atoms with Crippen molar-refractivity contribution in [3.05, 3.63) is 6.92 Å². The third-order valence-corrected chi connectivity index (χ3v) is 3.84. The van der Waals surface area contributed by atoms with Gasteiger partial charge in [-0.2, -0.15) is 0 Å². The molecule has 0 saturated heterocycles. The molecule has 4 heteroatoms. The second-order valence-corrected chi connectivity index (χ2v) is 6.40. The molecule has 24 heavy (non-hydrogen) atoms. The van der Waals surface area contributed by atoms with Crippen LogP contribution in [-0.4, -0.2) is 23.5 Å². The summed E-state index contributed by atoms with van der Waals surface area (Å²) in [5.41, 5.74) is 0. The van der Waals surface area contributed by atoms with E-state index >= 15 is 0 Å². The van der Waals surface area contributed by atoms with E-state index in [-0.39, 0.29) is 12.5 Å². The van der Waals surface area contributed by atoms with Gasteiger partial charge in [-0.05, 0) is 0 Å². The molecule has 0 fully saturated rings. The molecule has 0 aliphatic carbocycles. The summed E-state index contributed by atoms with van der Waals surface area (Å²) >= 11 is 0. The topological polar surface area (TPSA) is 66.4 Å². The van der Waals surface area contributed by atoms with Crippen LogP contribution < -0.4 is 5.32 Å². The quantitative estimate of drug-likeness (QED) is 0.386. The first-order valence-electron chi connectivity index (χ1n) is 9.80. The fourth-order valence-electron chi connectivity index (χ4n) is 2.39. The third kappa shape index (κ3) is 29.0. The monoisotopic (exact) mass is 342 g/mol. The van der Waals surface area contributed by atoms with Gasteiger partial charge in [-0.3, -0.25) is 9.59 Å². The number of nitrogens with one attached hydrogen (secondary N) is 1. The third-order valence-electron chi connectivity index (χ3n) is 3.84. The lowest BCUT2D eigenvalue weighted by Gasteiger charge is -2.02. The number of unbranched alkanes of at least 4 members (excludes halogenated alkanes) is 13. The first-order valence-corrected chi connectivity index (χ1v) is 9.80. The molecular weight excluding hydrogens is 302 g/mol. The standard InChI is InChI=1S/C16H33.C4H7NO3/c1-3-5-7-9-11-13-15-16-14-12-10-8-6-4-2;1-3(6)5-2-4(7)8/h1,3-16H2,2H3;2H2,1H3,(H,5,6)(H,7,8). The van der Waals surface area contributed by atoms with Crippen molar-refractivity contribution in [3.8, 4) is 0 Å². The number of hydrogen-bond donors (Lipinski definition) is 2. The molecule has 0 unspecified atom stereocenters. The summed E-state index contributed by atoms with van der Waals surface area (Å²) in [6.45, 7) is 7.13. The summed E-state index contributed by atoms with van der Waals surface area (Å²) in [6.07, 6.45) is 19.8. The van der Waals surface area contributed by atoms with Crippen molar-refractivity contribution >= 4 is 11.9 Å². The van der Waals surface area contributed by atoms with Gasteiger partial charge in [-0.15, -0.1) is 0 Å². The summed E-state index contributed by atoms with van der Waals surface area (Å²) < 4.78 is 0. The number of aliphatic carboxylic acids is 1. The maximum Gasteiger partial charge on any atom is 0.322 e. The molecule has 0 bridgehead atoms. The molecular formula is C20H40NO3. The molecule has 1 radical (unpaired) electrons. The molecule has 2 N–H and O–H groups in total. The van der Waals surface area contributed by atoms with E-state index in [0.29, 0.717) is 0 Å². The largest absolute Gasteiger partial charge is 0.480 e. The Hall–Kier alpha value is -1.06. The Morgan fingerprint density at radius 2 is 1.17 bits per heavy atom. The maximum atomic E-state index is 9.97. The fourth-order valence-corrected chi connectivity index (χ4v) is 2.39. The van der Waals surface area contributed by atoms with Crippen molar-refractivity contribution in [1.82, 2.24) is 5.32 Å². The Labute approximate surface area is 149 Å². The van der Waals surface area contributed by atoms with Gasteiger partial charge < -0.3 is 10.4 Å². The van der Waals surface area contributed by atoms with E-state index in [0.717, 1.165) is 6.42 Å². The Balaban J connectivity index is 0. The van der Waals surface area contributed by atoms with Gasteiger partial charge in [0.15, 0.2) is 0 Å².